The number of anilines is 1. The highest BCUT2D eigenvalue weighted by atomic mass is 32.2. The molecule has 1 aliphatic heterocycles. The molecule has 34 heavy (non-hydrogen) atoms. The summed E-state index contributed by atoms with van der Waals surface area (Å²) in [6.07, 6.45) is 1.18. The van der Waals surface area contributed by atoms with Crippen LogP contribution < -0.4 is 9.04 Å². The van der Waals surface area contributed by atoms with Crippen LogP contribution in [0.25, 0.3) is 0 Å². The number of rotatable bonds is 7. The number of likely N-dealkylation sites (tertiary alicyclic amines) is 1. The van der Waals surface area contributed by atoms with E-state index in [1.807, 2.05) is 24.3 Å². The van der Waals surface area contributed by atoms with Crippen molar-refractivity contribution in [1.82, 2.24) is 4.90 Å². The third-order valence-corrected chi connectivity index (χ3v) is 8.13. The maximum absolute atomic E-state index is 14.4. The first-order valence-electron chi connectivity index (χ1n) is 11.2. The number of sulfonamides is 1. The molecule has 0 aromatic heterocycles. The Labute approximate surface area is 199 Å². The van der Waals surface area contributed by atoms with Gasteiger partial charge in [-0.25, -0.2) is 17.2 Å². The monoisotopic (exact) mass is 486 g/mol. The summed E-state index contributed by atoms with van der Waals surface area (Å²) in [6, 6.07) is 16.8. The van der Waals surface area contributed by atoms with E-state index in [0.29, 0.717) is 31.5 Å². The van der Waals surface area contributed by atoms with E-state index in [2.05, 4.69) is 4.90 Å². The average Bonchev–Trinajstić information content (AvgIpc) is 2.83. The summed E-state index contributed by atoms with van der Waals surface area (Å²) in [4.78, 5) is 2.26. The lowest BCUT2D eigenvalue weighted by atomic mass is 10.0. The molecule has 1 saturated heterocycles. The molecule has 0 N–H and O–H groups in total. The summed E-state index contributed by atoms with van der Waals surface area (Å²) < 4.78 is 61.6. The second-order valence-electron chi connectivity index (χ2n) is 8.54. The highest BCUT2D eigenvalue weighted by molar-refractivity contribution is 7.92. The smallest absolute Gasteiger partial charge is 0.264 e. The first kappa shape index (κ1) is 24.2. The second kappa shape index (κ2) is 10.1. The Morgan fingerprint density at radius 1 is 0.971 bits per heavy atom. The van der Waals surface area contributed by atoms with Crippen molar-refractivity contribution in [3.8, 4) is 5.75 Å². The van der Waals surface area contributed by atoms with E-state index in [1.165, 1.54) is 22.5 Å². The summed E-state index contributed by atoms with van der Waals surface area (Å²) in [5.74, 6) is -0.179. The molecule has 4 rings (SSSR count). The minimum absolute atomic E-state index is 0.0180. The number of halogens is 2. The van der Waals surface area contributed by atoms with Crippen LogP contribution in [0.2, 0.25) is 0 Å². The molecule has 8 heteroatoms. The van der Waals surface area contributed by atoms with E-state index in [0.717, 1.165) is 30.0 Å². The van der Waals surface area contributed by atoms with Gasteiger partial charge in [-0.05, 0) is 79.4 Å². The number of benzene rings is 3. The van der Waals surface area contributed by atoms with Gasteiger partial charge in [0.05, 0.1) is 17.7 Å². The molecule has 3 aromatic carbocycles. The maximum atomic E-state index is 14.4. The van der Waals surface area contributed by atoms with E-state index in [4.69, 9.17) is 4.74 Å². The number of hydrogen-bond acceptors (Lipinski definition) is 4. The van der Waals surface area contributed by atoms with Crippen LogP contribution in [0.1, 0.15) is 24.0 Å². The molecular formula is C26H28F2N2O3S. The molecule has 0 bridgehead atoms. The average molecular weight is 487 g/mol. The molecule has 1 heterocycles. The number of piperidine rings is 1. The highest BCUT2D eigenvalue weighted by Gasteiger charge is 2.34. The van der Waals surface area contributed by atoms with Gasteiger partial charge in [0.15, 0.2) is 0 Å². The highest BCUT2D eigenvalue weighted by Crippen LogP contribution is 2.32. The summed E-state index contributed by atoms with van der Waals surface area (Å²) in [6.45, 7) is 3.77. The zero-order valence-electron chi connectivity index (χ0n) is 19.2. The van der Waals surface area contributed by atoms with Crippen molar-refractivity contribution >= 4 is 15.7 Å². The lowest BCUT2D eigenvalue weighted by Gasteiger charge is -2.39. The van der Waals surface area contributed by atoms with Crippen LogP contribution in [0.3, 0.4) is 0 Å². The van der Waals surface area contributed by atoms with Crippen molar-refractivity contribution in [3.63, 3.8) is 0 Å². The minimum Gasteiger partial charge on any atom is -0.497 e. The van der Waals surface area contributed by atoms with Crippen LogP contribution in [0.15, 0.2) is 71.6 Å². The van der Waals surface area contributed by atoms with Crippen LogP contribution in [0.5, 0.6) is 5.75 Å². The molecular weight excluding hydrogens is 458 g/mol. The minimum atomic E-state index is -4.02. The van der Waals surface area contributed by atoms with Crippen molar-refractivity contribution in [2.24, 2.45) is 0 Å². The second-order valence-corrected chi connectivity index (χ2v) is 10.4. The van der Waals surface area contributed by atoms with Gasteiger partial charge in [-0.2, -0.15) is 0 Å². The Morgan fingerprint density at radius 2 is 1.62 bits per heavy atom. The van der Waals surface area contributed by atoms with Gasteiger partial charge in [-0.1, -0.05) is 18.2 Å². The molecule has 5 nitrogen and oxygen atoms in total. The Bertz CT molecular complexity index is 1220. The van der Waals surface area contributed by atoms with Crippen molar-refractivity contribution in [1.29, 1.82) is 0 Å². The van der Waals surface area contributed by atoms with E-state index < -0.39 is 21.7 Å². The molecule has 0 radical (unpaired) electrons. The Kier molecular flexibility index (Phi) is 7.19. The van der Waals surface area contributed by atoms with Crippen LogP contribution >= 0.6 is 0 Å². The number of aryl methyl sites for hydroxylation is 1. The van der Waals surface area contributed by atoms with Gasteiger partial charge in [0.1, 0.15) is 17.4 Å². The number of nitrogens with zero attached hydrogens (tertiary/aromatic N) is 2. The third-order valence-electron chi connectivity index (χ3n) is 6.23. The van der Waals surface area contributed by atoms with Crippen LogP contribution in [-0.4, -0.2) is 39.6 Å². The number of ether oxygens (including phenoxy) is 1. The standard InChI is InChI=1S/C26H28F2N2O3S/c1-19-3-8-23(17-26(19)28)30(34(31,32)25-11-6-21(27)7-12-25)22-13-15-29(16-14-22)18-20-4-9-24(33-2)10-5-20/h3-12,17,22H,13-16,18H2,1-2H3. The summed E-state index contributed by atoms with van der Waals surface area (Å²) in [5, 5.41) is 0. The van der Waals surface area contributed by atoms with Gasteiger partial charge in [-0.15, -0.1) is 0 Å². The summed E-state index contributed by atoms with van der Waals surface area (Å²) >= 11 is 0. The first-order valence-corrected chi connectivity index (χ1v) is 12.6. The van der Waals surface area contributed by atoms with E-state index in [9.17, 15) is 17.2 Å². The fourth-order valence-corrected chi connectivity index (χ4v) is 5.99. The zero-order chi connectivity index (χ0) is 24.3. The van der Waals surface area contributed by atoms with E-state index >= 15 is 0 Å². The van der Waals surface area contributed by atoms with E-state index in [1.54, 1.807) is 26.2 Å². The molecule has 0 aliphatic carbocycles. The fourth-order valence-electron chi connectivity index (χ4n) is 4.29. The quantitative estimate of drug-likeness (QED) is 0.464. The molecule has 3 aromatic rings. The molecule has 0 amide bonds. The van der Waals surface area contributed by atoms with Crippen molar-refractivity contribution in [3.05, 3.63) is 89.5 Å². The predicted octanol–water partition coefficient (Wildman–Crippen LogP) is 5.14. The van der Waals surface area contributed by atoms with Crippen LogP contribution in [-0.2, 0) is 16.6 Å². The largest absolute Gasteiger partial charge is 0.497 e. The first-order chi connectivity index (χ1) is 16.3. The number of hydrogen-bond donors (Lipinski definition) is 0. The van der Waals surface area contributed by atoms with Crippen LogP contribution in [0, 0.1) is 18.6 Å². The number of methoxy groups -OCH3 is 1. The fraction of sp³-hybridized carbons (Fsp3) is 0.308. The molecule has 180 valence electrons. The van der Waals surface area contributed by atoms with Gasteiger partial charge in [0.25, 0.3) is 10.0 Å². The van der Waals surface area contributed by atoms with Crippen molar-refractivity contribution < 1.29 is 21.9 Å². The van der Waals surface area contributed by atoms with Crippen molar-refractivity contribution in [2.45, 2.75) is 37.2 Å². The Balaban J connectivity index is 1.57. The van der Waals surface area contributed by atoms with Gasteiger partial charge >= 0.3 is 0 Å². The molecule has 0 saturated carbocycles. The molecule has 0 unspecified atom stereocenters. The van der Waals surface area contributed by atoms with Gasteiger partial charge in [-0.3, -0.25) is 9.21 Å². The van der Waals surface area contributed by atoms with Crippen molar-refractivity contribution in [2.75, 3.05) is 24.5 Å². The SMILES string of the molecule is COc1ccc(CN2CCC(N(c3ccc(C)c(F)c3)S(=O)(=O)c3ccc(F)cc3)CC2)cc1. The maximum Gasteiger partial charge on any atom is 0.264 e. The zero-order valence-corrected chi connectivity index (χ0v) is 20.1. The topological polar surface area (TPSA) is 49.9 Å². The lowest BCUT2D eigenvalue weighted by molar-refractivity contribution is 0.206. The Hall–Kier alpha value is -2.97. The summed E-state index contributed by atoms with van der Waals surface area (Å²) in [5.41, 5.74) is 1.87. The Morgan fingerprint density at radius 3 is 2.21 bits per heavy atom. The third kappa shape index (κ3) is 5.23. The van der Waals surface area contributed by atoms with Gasteiger partial charge < -0.3 is 4.74 Å². The normalized spacial score (nSPS) is 15.3. The molecule has 0 spiro atoms. The predicted molar refractivity (Wildman–Crippen MR) is 128 cm³/mol. The summed E-state index contributed by atoms with van der Waals surface area (Å²) in [7, 11) is -2.39. The molecule has 1 aliphatic rings. The van der Waals surface area contributed by atoms with Gasteiger partial charge in [0, 0.05) is 25.7 Å². The van der Waals surface area contributed by atoms with E-state index in [-0.39, 0.29) is 16.6 Å². The molecule has 1 fully saturated rings. The lowest BCUT2D eigenvalue weighted by Crippen LogP contribution is -2.47. The van der Waals surface area contributed by atoms with Gasteiger partial charge in [0.2, 0.25) is 0 Å². The molecule has 0 atom stereocenters. The van der Waals surface area contributed by atoms with Crippen LogP contribution in [0.4, 0.5) is 14.5 Å².